The summed E-state index contributed by atoms with van der Waals surface area (Å²) in [5, 5.41) is 9.05. The first kappa shape index (κ1) is 20.1. The molecule has 2 atom stereocenters. The molecule has 0 fully saturated rings. The molecule has 1 aromatic rings. The number of ether oxygens (including phenoxy) is 2. The number of nitrogens with zero attached hydrogens (tertiary/aromatic N) is 1. The second-order valence-corrected chi connectivity index (χ2v) is 5.12. The number of amides is 1. The van der Waals surface area contributed by atoms with Crippen LogP contribution in [0.1, 0.15) is 5.56 Å². The fourth-order valence-corrected chi connectivity index (χ4v) is 2.18. The molecule has 0 saturated heterocycles. The lowest BCUT2D eigenvalue weighted by atomic mass is 9.98. The van der Waals surface area contributed by atoms with Crippen LogP contribution in [0, 0.1) is 5.92 Å². The second-order valence-electron chi connectivity index (χ2n) is 5.12. The van der Waals surface area contributed by atoms with Crippen LogP contribution in [0.15, 0.2) is 30.3 Å². The summed E-state index contributed by atoms with van der Waals surface area (Å²) in [5.74, 6) is -5.96. The normalized spacial score (nSPS) is 12.6. The van der Waals surface area contributed by atoms with Crippen LogP contribution >= 0.6 is 0 Å². The summed E-state index contributed by atoms with van der Waals surface area (Å²) in [6, 6.07) is 6.97. The van der Waals surface area contributed by atoms with Crippen molar-refractivity contribution in [1.29, 1.82) is 0 Å². The van der Waals surface area contributed by atoms with Crippen LogP contribution in [0.4, 0.5) is 0 Å². The Hall–Kier alpha value is -2.94. The highest BCUT2D eigenvalue weighted by molar-refractivity contribution is 6.03. The van der Waals surface area contributed by atoms with Gasteiger partial charge in [-0.25, -0.2) is 0 Å². The number of carboxylic acid groups (broad SMARTS) is 1. The summed E-state index contributed by atoms with van der Waals surface area (Å²) in [7, 11) is 2.09. The van der Waals surface area contributed by atoms with Gasteiger partial charge in [0.25, 0.3) is 0 Å². The number of esters is 2. The molecule has 1 rings (SSSR count). The number of rotatable bonds is 8. The molecule has 0 aliphatic heterocycles. The zero-order valence-electron chi connectivity index (χ0n) is 13.9. The zero-order chi connectivity index (χ0) is 19.0. The van der Waals surface area contributed by atoms with Gasteiger partial charge in [0.1, 0.15) is 12.6 Å². The number of hydrogen-bond acceptors (Lipinski definition) is 7. The van der Waals surface area contributed by atoms with Gasteiger partial charge in [0.15, 0.2) is 5.92 Å². The molecule has 0 unspecified atom stereocenters. The largest absolute Gasteiger partial charge is 0.480 e. The van der Waals surface area contributed by atoms with E-state index in [2.05, 4.69) is 9.47 Å². The fraction of sp³-hybridized carbons (Fsp3) is 0.375. The van der Waals surface area contributed by atoms with Gasteiger partial charge < -0.3 is 25.2 Å². The monoisotopic (exact) mass is 352 g/mol. The van der Waals surface area contributed by atoms with Gasteiger partial charge in [-0.3, -0.25) is 19.2 Å². The van der Waals surface area contributed by atoms with Crippen molar-refractivity contribution >= 4 is 23.8 Å². The molecule has 0 bridgehead atoms. The van der Waals surface area contributed by atoms with E-state index < -0.39 is 42.3 Å². The van der Waals surface area contributed by atoms with Crippen molar-refractivity contribution in [3.8, 4) is 0 Å². The molecule has 0 radical (unpaired) electrons. The molecule has 25 heavy (non-hydrogen) atoms. The highest BCUT2D eigenvalue weighted by Crippen LogP contribution is 2.14. The second kappa shape index (κ2) is 9.38. The van der Waals surface area contributed by atoms with Gasteiger partial charge >= 0.3 is 17.9 Å². The average molecular weight is 352 g/mol. The Kier molecular flexibility index (Phi) is 7.54. The van der Waals surface area contributed by atoms with E-state index in [1.54, 1.807) is 30.3 Å². The predicted octanol–water partition coefficient (Wildman–Crippen LogP) is -0.611. The number of hydrogen-bond donors (Lipinski definition) is 2. The van der Waals surface area contributed by atoms with E-state index in [1.165, 1.54) is 0 Å². The quantitative estimate of drug-likeness (QED) is 0.467. The molecule has 1 amide bonds. The number of carbonyl (C=O) groups is 4. The maximum Gasteiger partial charge on any atom is 0.324 e. The van der Waals surface area contributed by atoms with E-state index in [4.69, 9.17) is 10.8 Å². The lowest BCUT2D eigenvalue weighted by Crippen LogP contribution is -2.52. The summed E-state index contributed by atoms with van der Waals surface area (Å²) >= 11 is 0. The maximum absolute atomic E-state index is 12.7. The molecule has 9 heteroatoms. The van der Waals surface area contributed by atoms with Gasteiger partial charge in [-0.2, -0.15) is 0 Å². The summed E-state index contributed by atoms with van der Waals surface area (Å²) in [6.07, 6.45) is 0. The smallest absolute Gasteiger partial charge is 0.324 e. The Morgan fingerprint density at radius 3 is 2.12 bits per heavy atom. The van der Waals surface area contributed by atoms with Crippen LogP contribution in [0.3, 0.4) is 0 Å². The molecule has 0 heterocycles. The Labute approximate surface area is 144 Å². The Morgan fingerprint density at radius 1 is 1.08 bits per heavy atom. The Balaban J connectivity index is 3.14. The first-order chi connectivity index (χ1) is 11.8. The molecule has 0 aliphatic rings. The third-order valence-electron chi connectivity index (χ3n) is 3.41. The minimum atomic E-state index is -1.71. The van der Waals surface area contributed by atoms with Crippen LogP contribution in [0.2, 0.25) is 0 Å². The SMILES string of the molecule is COC(=O)[C@@H](C(=O)N(CC(=O)O)Cc1ccccc1)[C@H](N)C(=O)OC. The predicted molar refractivity (Wildman–Crippen MR) is 85.0 cm³/mol. The number of carbonyl (C=O) groups excluding carboxylic acids is 3. The molecule has 3 N–H and O–H groups in total. The minimum absolute atomic E-state index is 0.0760. The van der Waals surface area contributed by atoms with E-state index in [-0.39, 0.29) is 6.54 Å². The summed E-state index contributed by atoms with van der Waals surface area (Å²) in [5.41, 5.74) is 6.29. The lowest BCUT2D eigenvalue weighted by molar-refractivity contribution is -0.162. The van der Waals surface area contributed by atoms with Gasteiger partial charge in [0, 0.05) is 6.54 Å². The third kappa shape index (κ3) is 5.57. The maximum atomic E-state index is 12.7. The van der Waals surface area contributed by atoms with Crippen molar-refractivity contribution in [2.45, 2.75) is 12.6 Å². The van der Waals surface area contributed by atoms with Crippen LogP contribution in [0.25, 0.3) is 0 Å². The molecule has 0 aliphatic carbocycles. The first-order valence-corrected chi connectivity index (χ1v) is 7.27. The van der Waals surface area contributed by atoms with Crippen molar-refractivity contribution in [3.63, 3.8) is 0 Å². The highest BCUT2D eigenvalue weighted by atomic mass is 16.5. The van der Waals surface area contributed by atoms with E-state index in [0.29, 0.717) is 5.56 Å². The van der Waals surface area contributed by atoms with Gasteiger partial charge in [-0.15, -0.1) is 0 Å². The molecule has 136 valence electrons. The van der Waals surface area contributed by atoms with Crippen molar-refractivity contribution in [3.05, 3.63) is 35.9 Å². The van der Waals surface area contributed by atoms with Crippen molar-refractivity contribution < 1.29 is 33.8 Å². The molecular formula is C16H20N2O7. The zero-order valence-corrected chi connectivity index (χ0v) is 13.9. The first-order valence-electron chi connectivity index (χ1n) is 7.27. The highest BCUT2D eigenvalue weighted by Gasteiger charge is 2.41. The number of methoxy groups -OCH3 is 2. The van der Waals surface area contributed by atoms with Crippen molar-refractivity contribution in [2.24, 2.45) is 11.7 Å². The number of carboxylic acids is 1. The summed E-state index contributed by atoms with van der Waals surface area (Å²) < 4.78 is 8.99. The average Bonchev–Trinajstić information content (AvgIpc) is 2.60. The van der Waals surface area contributed by atoms with E-state index in [9.17, 15) is 19.2 Å². The fourth-order valence-electron chi connectivity index (χ4n) is 2.18. The van der Waals surface area contributed by atoms with Gasteiger partial charge in [-0.1, -0.05) is 30.3 Å². The third-order valence-corrected chi connectivity index (χ3v) is 3.41. The van der Waals surface area contributed by atoms with Crippen molar-refractivity contribution in [2.75, 3.05) is 20.8 Å². The van der Waals surface area contributed by atoms with E-state index >= 15 is 0 Å². The Morgan fingerprint density at radius 2 is 1.64 bits per heavy atom. The topological polar surface area (TPSA) is 136 Å². The number of nitrogens with two attached hydrogens (primary N) is 1. The van der Waals surface area contributed by atoms with Crippen LogP contribution < -0.4 is 5.73 Å². The summed E-state index contributed by atoms with van der Waals surface area (Å²) in [4.78, 5) is 48.3. The Bertz CT molecular complexity index is 633. The van der Waals surface area contributed by atoms with Crippen LogP contribution in [0.5, 0.6) is 0 Å². The van der Waals surface area contributed by atoms with E-state index in [0.717, 1.165) is 19.1 Å². The van der Waals surface area contributed by atoms with Crippen LogP contribution in [-0.4, -0.2) is 60.6 Å². The lowest BCUT2D eigenvalue weighted by Gasteiger charge is -2.27. The van der Waals surface area contributed by atoms with Crippen molar-refractivity contribution in [1.82, 2.24) is 4.90 Å². The molecule has 1 aromatic carbocycles. The van der Waals surface area contributed by atoms with Gasteiger partial charge in [-0.05, 0) is 5.56 Å². The molecular weight excluding hydrogens is 332 g/mol. The molecule has 0 spiro atoms. The number of benzene rings is 1. The van der Waals surface area contributed by atoms with Crippen LogP contribution in [-0.2, 0) is 35.2 Å². The standard InChI is InChI=1S/C16H20N2O7/c1-24-15(22)12(13(17)16(23)25-2)14(21)18(9-11(19)20)8-10-6-4-3-5-7-10/h3-7,12-13H,8-9,17H2,1-2H3,(H,19,20)/t12-,13+/m1/s1. The molecule has 0 saturated carbocycles. The summed E-state index contributed by atoms with van der Waals surface area (Å²) in [6.45, 7) is -0.748. The number of aliphatic carboxylic acids is 1. The van der Waals surface area contributed by atoms with E-state index in [1.807, 2.05) is 0 Å². The van der Waals surface area contributed by atoms with Gasteiger partial charge in [0.2, 0.25) is 5.91 Å². The molecule has 9 nitrogen and oxygen atoms in total. The minimum Gasteiger partial charge on any atom is -0.480 e. The molecule has 0 aromatic heterocycles. The van der Waals surface area contributed by atoms with Gasteiger partial charge in [0.05, 0.1) is 14.2 Å².